The van der Waals surface area contributed by atoms with Gasteiger partial charge in [0.05, 0.1) is 18.8 Å². The molecule has 2 N–H and O–H groups in total. The maximum Gasteiger partial charge on any atom is 0.237 e. The molecule has 4 nitrogen and oxygen atoms in total. The molecule has 0 saturated carbocycles. The van der Waals surface area contributed by atoms with Gasteiger partial charge in [0.1, 0.15) is 5.76 Å². The normalized spacial score (nSPS) is 21.0. The second-order valence-electron chi connectivity index (χ2n) is 3.45. The van der Waals surface area contributed by atoms with Crippen LogP contribution in [0.15, 0.2) is 22.8 Å². The summed E-state index contributed by atoms with van der Waals surface area (Å²) in [6.07, 6.45) is 3.62. The fraction of sp³-hybridized carbons (Fsp3) is 0.500. The molecule has 0 radical (unpaired) electrons. The van der Waals surface area contributed by atoms with Crippen molar-refractivity contribution in [2.45, 2.75) is 25.4 Å². The third-order valence-electron chi connectivity index (χ3n) is 2.39. The van der Waals surface area contributed by atoms with Crippen LogP contribution in [0, 0.1) is 0 Å². The summed E-state index contributed by atoms with van der Waals surface area (Å²) in [7, 11) is 0. The largest absolute Gasteiger partial charge is 0.467 e. The average molecular weight is 194 g/mol. The number of carbonyl (C=O) groups is 1. The van der Waals surface area contributed by atoms with Gasteiger partial charge in [0.25, 0.3) is 0 Å². The molecule has 0 aliphatic carbocycles. The van der Waals surface area contributed by atoms with Crippen LogP contribution in [0.5, 0.6) is 0 Å². The third-order valence-corrected chi connectivity index (χ3v) is 2.39. The summed E-state index contributed by atoms with van der Waals surface area (Å²) in [5, 5.41) is 5.98. The molecule has 76 valence electrons. The minimum Gasteiger partial charge on any atom is -0.467 e. The van der Waals surface area contributed by atoms with E-state index in [2.05, 4.69) is 10.6 Å². The van der Waals surface area contributed by atoms with Crippen LogP contribution >= 0.6 is 0 Å². The topological polar surface area (TPSA) is 54.3 Å². The smallest absolute Gasteiger partial charge is 0.237 e. The first-order valence-electron chi connectivity index (χ1n) is 4.90. The molecule has 1 aromatic heterocycles. The predicted molar refractivity (Wildman–Crippen MR) is 51.6 cm³/mol. The van der Waals surface area contributed by atoms with E-state index in [0.717, 1.165) is 25.1 Å². The van der Waals surface area contributed by atoms with Crippen molar-refractivity contribution < 1.29 is 9.21 Å². The molecule has 1 aliphatic heterocycles. The van der Waals surface area contributed by atoms with Gasteiger partial charge in [-0.3, -0.25) is 4.79 Å². The standard InChI is InChI=1S/C10H14N2O2/c13-10(9-4-1-5-11-9)12-7-8-3-2-6-14-8/h2-3,6,9,11H,1,4-5,7H2,(H,12,13)/t9-/m1/s1. The minimum absolute atomic E-state index is 0.00929. The van der Waals surface area contributed by atoms with Crippen molar-refractivity contribution in [2.75, 3.05) is 6.54 Å². The van der Waals surface area contributed by atoms with Crippen LogP contribution in [0.25, 0.3) is 0 Å². The highest BCUT2D eigenvalue weighted by atomic mass is 16.3. The quantitative estimate of drug-likeness (QED) is 0.742. The molecule has 1 saturated heterocycles. The number of carbonyl (C=O) groups excluding carboxylic acids is 1. The highest BCUT2D eigenvalue weighted by Crippen LogP contribution is 2.05. The van der Waals surface area contributed by atoms with E-state index in [0.29, 0.717) is 6.54 Å². The van der Waals surface area contributed by atoms with Gasteiger partial charge in [0, 0.05) is 0 Å². The van der Waals surface area contributed by atoms with Crippen LogP contribution in [-0.2, 0) is 11.3 Å². The number of hydrogen-bond donors (Lipinski definition) is 2. The van der Waals surface area contributed by atoms with Gasteiger partial charge in [-0.1, -0.05) is 0 Å². The van der Waals surface area contributed by atoms with Gasteiger partial charge >= 0.3 is 0 Å². The van der Waals surface area contributed by atoms with Crippen molar-refractivity contribution >= 4 is 5.91 Å². The lowest BCUT2D eigenvalue weighted by Gasteiger charge is -2.09. The van der Waals surface area contributed by atoms with Crippen molar-refractivity contribution in [3.05, 3.63) is 24.2 Å². The lowest BCUT2D eigenvalue weighted by molar-refractivity contribution is -0.123. The monoisotopic (exact) mass is 194 g/mol. The van der Waals surface area contributed by atoms with E-state index in [-0.39, 0.29) is 11.9 Å². The van der Waals surface area contributed by atoms with Crippen LogP contribution in [-0.4, -0.2) is 18.5 Å². The molecule has 1 aliphatic rings. The van der Waals surface area contributed by atoms with Crippen LogP contribution in [0.2, 0.25) is 0 Å². The van der Waals surface area contributed by atoms with Crippen LogP contribution in [0.1, 0.15) is 18.6 Å². The first-order valence-corrected chi connectivity index (χ1v) is 4.90. The van der Waals surface area contributed by atoms with Crippen molar-refractivity contribution in [2.24, 2.45) is 0 Å². The Balaban J connectivity index is 1.77. The minimum atomic E-state index is -0.00929. The Morgan fingerprint density at radius 2 is 2.64 bits per heavy atom. The molecule has 2 rings (SSSR count). The molecule has 0 bridgehead atoms. The number of nitrogens with one attached hydrogen (secondary N) is 2. The summed E-state index contributed by atoms with van der Waals surface area (Å²) in [4.78, 5) is 11.5. The molecular formula is C10H14N2O2. The Kier molecular flexibility index (Phi) is 2.84. The van der Waals surface area contributed by atoms with Gasteiger partial charge in [-0.15, -0.1) is 0 Å². The fourth-order valence-electron chi connectivity index (χ4n) is 1.62. The van der Waals surface area contributed by atoms with Gasteiger partial charge in [-0.05, 0) is 31.5 Å². The maximum absolute atomic E-state index is 11.5. The van der Waals surface area contributed by atoms with Gasteiger partial charge < -0.3 is 15.1 Å². The van der Waals surface area contributed by atoms with E-state index in [1.54, 1.807) is 6.26 Å². The zero-order chi connectivity index (χ0) is 9.80. The van der Waals surface area contributed by atoms with Gasteiger partial charge in [-0.2, -0.15) is 0 Å². The van der Waals surface area contributed by atoms with Gasteiger partial charge in [-0.25, -0.2) is 0 Å². The Hall–Kier alpha value is -1.29. The molecule has 2 heterocycles. The van der Waals surface area contributed by atoms with Crippen molar-refractivity contribution in [3.63, 3.8) is 0 Å². The highest BCUT2D eigenvalue weighted by Gasteiger charge is 2.21. The van der Waals surface area contributed by atoms with Crippen LogP contribution in [0.4, 0.5) is 0 Å². The van der Waals surface area contributed by atoms with E-state index >= 15 is 0 Å². The molecule has 0 unspecified atom stereocenters. The van der Waals surface area contributed by atoms with Crippen LogP contribution < -0.4 is 10.6 Å². The summed E-state index contributed by atoms with van der Waals surface area (Å²) >= 11 is 0. The summed E-state index contributed by atoms with van der Waals surface area (Å²) in [6, 6.07) is 3.66. The first kappa shape index (κ1) is 9.27. The number of amides is 1. The van der Waals surface area contributed by atoms with Crippen molar-refractivity contribution in [1.29, 1.82) is 0 Å². The Morgan fingerprint density at radius 1 is 1.71 bits per heavy atom. The average Bonchev–Trinajstić information content (AvgIpc) is 2.87. The highest BCUT2D eigenvalue weighted by molar-refractivity contribution is 5.81. The maximum atomic E-state index is 11.5. The Labute approximate surface area is 82.7 Å². The lowest BCUT2D eigenvalue weighted by Crippen LogP contribution is -2.39. The van der Waals surface area contributed by atoms with E-state index in [9.17, 15) is 4.79 Å². The lowest BCUT2D eigenvalue weighted by atomic mass is 10.2. The second-order valence-corrected chi connectivity index (χ2v) is 3.45. The molecule has 1 amide bonds. The summed E-state index contributed by atoms with van der Waals surface area (Å²) < 4.78 is 5.11. The second kappa shape index (κ2) is 4.28. The molecule has 1 atom stereocenters. The number of furan rings is 1. The SMILES string of the molecule is O=C(NCc1ccco1)[C@H]1CCCN1. The molecule has 4 heteroatoms. The molecule has 1 aromatic rings. The molecule has 0 spiro atoms. The summed E-state index contributed by atoms with van der Waals surface area (Å²) in [5.41, 5.74) is 0. The number of rotatable bonds is 3. The Bertz CT molecular complexity index is 289. The Morgan fingerprint density at radius 3 is 3.29 bits per heavy atom. The van der Waals surface area contributed by atoms with E-state index in [4.69, 9.17) is 4.42 Å². The molecule has 14 heavy (non-hydrogen) atoms. The van der Waals surface area contributed by atoms with Crippen molar-refractivity contribution in [1.82, 2.24) is 10.6 Å². The molecular weight excluding hydrogens is 180 g/mol. The molecule has 1 fully saturated rings. The van der Waals surface area contributed by atoms with Gasteiger partial charge in [0.2, 0.25) is 5.91 Å². The zero-order valence-electron chi connectivity index (χ0n) is 7.95. The van der Waals surface area contributed by atoms with E-state index < -0.39 is 0 Å². The van der Waals surface area contributed by atoms with E-state index in [1.165, 1.54) is 0 Å². The van der Waals surface area contributed by atoms with Crippen molar-refractivity contribution in [3.8, 4) is 0 Å². The summed E-state index contributed by atoms with van der Waals surface area (Å²) in [5.74, 6) is 0.857. The van der Waals surface area contributed by atoms with Gasteiger partial charge in [0.15, 0.2) is 0 Å². The van der Waals surface area contributed by atoms with Crippen LogP contribution in [0.3, 0.4) is 0 Å². The first-order chi connectivity index (χ1) is 6.86. The fourth-order valence-corrected chi connectivity index (χ4v) is 1.62. The summed E-state index contributed by atoms with van der Waals surface area (Å²) in [6.45, 7) is 1.42. The third kappa shape index (κ3) is 2.14. The number of hydrogen-bond acceptors (Lipinski definition) is 3. The zero-order valence-corrected chi connectivity index (χ0v) is 7.95. The predicted octanol–water partition coefficient (Wildman–Crippen LogP) is 0.648. The van der Waals surface area contributed by atoms with E-state index in [1.807, 2.05) is 12.1 Å². The molecule has 0 aromatic carbocycles.